The van der Waals surface area contributed by atoms with E-state index in [1.54, 1.807) is 7.11 Å². The normalized spacial score (nSPS) is 49.9. The monoisotopic (exact) mass is 688 g/mol. The minimum atomic E-state index is -1.05. The Bertz CT molecular complexity index is 1250. The molecule has 2 N–H and O–H groups in total. The zero-order chi connectivity index (χ0) is 34.6. The number of hydrogen-bond donors (Lipinski definition) is 2. The van der Waals surface area contributed by atoms with Gasteiger partial charge in [0.2, 0.25) is 0 Å². The van der Waals surface area contributed by atoms with Crippen molar-refractivity contribution in [1.82, 2.24) is 0 Å². The first-order valence-corrected chi connectivity index (χ1v) is 18.7. The zero-order valence-corrected chi connectivity index (χ0v) is 29.3. The molecule has 0 amide bonds. The van der Waals surface area contributed by atoms with Crippen LogP contribution in [-0.2, 0) is 42.7 Å². The SMILES string of the molecule is C=C1CC2CCC(=O)C[C@H]3OC4C(O)[C@H]5OC(CCC5O[C@H]4C3O)CC(=O)CC3[C@H](CC4OC(CCC1O2)C[C@@H](C)C4=C)O[C@H](C)[C@@H]3OC. The fourth-order valence-electron chi connectivity index (χ4n) is 9.77. The van der Waals surface area contributed by atoms with Crippen LogP contribution in [0.15, 0.2) is 24.3 Å². The smallest absolute Gasteiger partial charge is 0.135 e. The van der Waals surface area contributed by atoms with Crippen molar-refractivity contribution < 1.29 is 53.0 Å². The first-order chi connectivity index (χ1) is 23.5. The van der Waals surface area contributed by atoms with Crippen molar-refractivity contribution in [2.24, 2.45) is 11.8 Å². The maximum atomic E-state index is 13.7. The van der Waals surface area contributed by atoms with Crippen LogP contribution in [0.1, 0.15) is 90.9 Å². The summed E-state index contributed by atoms with van der Waals surface area (Å²) in [6, 6.07) is 0. The van der Waals surface area contributed by atoms with Gasteiger partial charge in [0.25, 0.3) is 0 Å². The molecule has 274 valence electrons. The van der Waals surface area contributed by atoms with Gasteiger partial charge in [-0.25, -0.2) is 0 Å². The van der Waals surface area contributed by atoms with Crippen molar-refractivity contribution in [2.45, 2.75) is 182 Å². The molecule has 8 bridgehead atoms. The van der Waals surface area contributed by atoms with Gasteiger partial charge in [0, 0.05) is 45.1 Å². The molecule has 7 aliphatic rings. The highest BCUT2D eigenvalue weighted by atomic mass is 16.6. The number of hydrogen-bond acceptors (Lipinski definition) is 11. The van der Waals surface area contributed by atoms with Gasteiger partial charge in [0.05, 0.1) is 61.0 Å². The van der Waals surface area contributed by atoms with Gasteiger partial charge in [-0.2, -0.15) is 0 Å². The number of carbonyl (C=O) groups excluding carboxylic acids is 2. The van der Waals surface area contributed by atoms with E-state index in [-0.39, 0.29) is 91.5 Å². The van der Waals surface area contributed by atoms with E-state index in [1.807, 2.05) is 6.92 Å². The molecule has 7 rings (SSSR count). The lowest BCUT2D eigenvalue weighted by Gasteiger charge is -2.46. The molecule has 7 heterocycles. The summed E-state index contributed by atoms with van der Waals surface area (Å²) >= 11 is 0. The second-order valence-electron chi connectivity index (χ2n) is 15.9. The van der Waals surface area contributed by atoms with E-state index in [0.29, 0.717) is 38.5 Å². The van der Waals surface area contributed by atoms with Gasteiger partial charge in [0.15, 0.2) is 0 Å². The average Bonchev–Trinajstić information content (AvgIpc) is 3.68. The number of aliphatic hydroxyl groups excluding tert-OH is 2. The first-order valence-electron chi connectivity index (χ1n) is 18.7. The maximum Gasteiger partial charge on any atom is 0.135 e. The number of ether oxygens (including phenoxy) is 7. The molecule has 7 saturated heterocycles. The standard InChI is InChI=1S/C38H56O11/c1-18-12-25-8-10-28-19(2)13-24(45-28)7-6-22(39)16-32-33(41)37-38(49-32)34(42)36-29(48-37)11-9-26(47-36)14-23(40)15-27-31(17-30(46-25)20(18)3)44-21(4)35(27)43-5/h18,21,24-38,41-42H,2-3,6-17H2,1,4-5H3/t18-,21-,24?,25?,26?,27?,28?,29?,30?,31+,32-,33?,34?,35+,36+,37+,38?/m1/s1. The highest BCUT2D eigenvalue weighted by Crippen LogP contribution is 2.43. The number of methoxy groups -OCH3 is 1. The second-order valence-corrected chi connectivity index (χ2v) is 15.9. The lowest BCUT2D eigenvalue weighted by atomic mass is 9.81. The summed E-state index contributed by atoms with van der Waals surface area (Å²) in [7, 11) is 1.67. The summed E-state index contributed by atoms with van der Waals surface area (Å²) in [5.74, 6) is 0.176. The molecule has 11 nitrogen and oxygen atoms in total. The molecule has 7 aliphatic heterocycles. The number of ketones is 2. The summed E-state index contributed by atoms with van der Waals surface area (Å²) in [5.41, 5.74) is 2.11. The minimum absolute atomic E-state index is 0.0256. The van der Waals surface area contributed by atoms with Crippen molar-refractivity contribution in [3.8, 4) is 0 Å². The van der Waals surface area contributed by atoms with Crippen LogP contribution < -0.4 is 0 Å². The average molecular weight is 689 g/mol. The molecular weight excluding hydrogens is 632 g/mol. The van der Waals surface area contributed by atoms with Gasteiger partial charge in [-0.05, 0) is 68.9 Å². The second kappa shape index (κ2) is 14.8. The highest BCUT2D eigenvalue weighted by molar-refractivity contribution is 5.79. The van der Waals surface area contributed by atoms with Crippen LogP contribution in [0.5, 0.6) is 0 Å². The molecule has 7 fully saturated rings. The van der Waals surface area contributed by atoms with Crippen LogP contribution in [0, 0.1) is 11.8 Å². The van der Waals surface area contributed by atoms with Crippen LogP contribution in [0.25, 0.3) is 0 Å². The lowest BCUT2D eigenvalue weighted by molar-refractivity contribution is -0.259. The van der Waals surface area contributed by atoms with Crippen LogP contribution in [0.2, 0.25) is 0 Å². The Morgan fingerprint density at radius 3 is 2.16 bits per heavy atom. The van der Waals surface area contributed by atoms with Gasteiger partial charge >= 0.3 is 0 Å². The number of Topliss-reactive ketones (excluding diaryl/α,β-unsaturated/α-hetero) is 2. The van der Waals surface area contributed by atoms with E-state index in [4.69, 9.17) is 33.2 Å². The maximum absolute atomic E-state index is 13.7. The molecule has 0 aromatic rings. The quantitative estimate of drug-likeness (QED) is 0.391. The minimum Gasteiger partial charge on any atom is -0.388 e. The third-order valence-electron chi connectivity index (χ3n) is 12.5. The Morgan fingerprint density at radius 1 is 0.653 bits per heavy atom. The van der Waals surface area contributed by atoms with E-state index in [0.717, 1.165) is 30.4 Å². The van der Waals surface area contributed by atoms with E-state index in [2.05, 4.69) is 20.1 Å². The van der Waals surface area contributed by atoms with Crippen molar-refractivity contribution in [2.75, 3.05) is 7.11 Å². The van der Waals surface area contributed by atoms with Crippen molar-refractivity contribution in [1.29, 1.82) is 0 Å². The van der Waals surface area contributed by atoms with Crippen LogP contribution in [-0.4, -0.2) is 120 Å². The topological polar surface area (TPSA) is 139 Å². The van der Waals surface area contributed by atoms with Gasteiger partial charge in [-0.3, -0.25) is 9.59 Å². The van der Waals surface area contributed by atoms with Crippen LogP contribution in [0.4, 0.5) is 0 Å². The zero-order valence-electron chi connectivity index (χ0n) is 29.3. The number of carbonyl (C=O) groups is 2. The molecule has 11 heteroatoms. The van der Waals surface area contributed by atoms with Gasteiger partial charge in [-0.1, -0.05) is 20.1 Å². The van der Waals surface area contributed by atoms with Gasteiger partial charge in [0.1, 0.15) is 42.1 Å². The summed E-state index contributed by atoms with van der Waals surface area (Å²) in [6.07, 6.45) is -0.461. The van der Waals surface area contributed by atoms with Crippen LogP contribution >= 0.6 is 0 Å². The Labute approximate surface area is 290 Å². The molecule has 49 heavy (non-hydrogen) atoms. The lowest BCUT2D eigenvalue weighted by Crippen LogP contribution is -2.61. The molecule has 0 aromatic heterocycles. The number of rotatable bonds is 1. The van der Waals surface area contributed by atoms with Gasteiger partial charge < -0.3 is 43.4 Å². The highest BCUT2D eigenvalue weighted by Gasteiger charge is 2.57. The molecule has 0 radical (unpaired) electrons. The fraction of sp³-hybridized carbons (Fsp3) is 0.842. The third-order valence-corrected chi connectivity index (χ3v) is 12.5. The van der Waals surface area contributed by atoms with Crippen molar-refractivity contribution >= 4 is 11.6 Å². The summed E-state index contributed by atoms with van der Waals surface area (Å²) in [4.78, 5) is 26.8. The van der Waals surface area contributed by atoms with E-state index < -0.39 is 42.7 Å². The van der Waals surface area contributed by atoms with Crippen LogP contribution in [0.3, 0.4) is 0 Å². The summed E-state index contributed by atoms with van der Waals surface area (Å²) in [5, 5.41) is 22.5. The molecule has 0 saturated carbocycles. The number of fused-ring (bicyclic) bond motifs is 7. The Kier molecular flexibility index (Phi) is 10.8. The molecule has 0 aromatic carbocycles. The molecule has 10 unspecified atom stereocenters. The summed E-state index contributed by atoms with van der Waals surface area (Å²) < 4.78 is 44.1. The van der Waals surface area contributed by atoms with E-state index in [9.17, 15) is 19.8 Å². The predicted octanol–water partition coefficient (Wildman–Crippen LogP) is 3.55. The van der Waals surface area contributed by atoms with Crippen molar-refractivity contribution in [3.05, 3.63) is 24.3 Å². The Hall–Kier alpha value is -1.54. The molecule has 0 spiro atoms. The number of aliphatic hydroxyl groups is 2. The first kappa shape index (κ1) is 35.8. The Balaban J connectivity index is 1.10. The molecule has 0 aliphatic carbocycles. The third kappa shape index (κ3) is 7.39. The Morgan fingerprint density at radius 2 is 1.37 bits per heavy atom. The van der Waals surface area contributed by atoms with Crippen molar-refractivity contribution in [3.63, 3.8) is 0 Å². The molecular formula is C38H56O11. The fourth-order valence-corrected chi connectivity index (χ4v) is 9.77. The molecule has 17 atom stereocenters. The predicted molar refractivity (Wildman–Crippen MR) is 177 cm³/mol. The van der Waals surface area contributed by atoms with E-state index >= 15 is 0 Å². The van der Waals surface area contributed by atoms with E-state index in [1.165, 1.54) is 0 Å². The largest absolute Gasteiger partial charge is 0.388 e. The van der Waals surface area contributed by atoms with Gasteiger partial charge in [-0.15, -0.1) is 0 Å². The summed E-state index contributed by atoms with van der Waals surface area (Å²) in [6.45, 7) is 12.9.